The predicted octanol–water partition coefficient (Wildman–Crippen LogP) is 2.43. The van der Waals surface area contributed by atoms with E-state index in [9.17, 15) is 24.0 Å². The van der Waals surface area contributed by atoms with Crippen molar-refractivity contribution in [3.05, 3.63) is 74.9 Å². The molecule has 0 radical (unpaired) electrons. The first kappa shape index (κ1) is 25.9. The number of anilines is 1. The van der Waals surface area contributed by atoms with E-state index in [2.05, 4.69) is 20.7 Å². The molecule has 0 aliphatic carbocycles. The van der Waals surface area contributed by atoms with Crippen LogP contribution in [-0.4, -0.2) is 56.7 Å². The van der Waals surface area contributed by atoms with Gasteiger partial charge in [0.2, 0.25) is 5.91 Å². The van der Waals surface area contributed by atoms with Crippen molar-refractivity contribution in [2.45, 2.75) is 32.5 Å². The lowest BCUT2D eigenvalue weighted by molar-refractivity contribution is -0.117. The van der Waals surface area contributed by atoms with Crippen LogP contribution in [0.25, 0.3) is 11.3 Å². The second-order valence-electron chi connectivity index (χ2n) is 8.81. The van der Waals surface area contributed by atoms with Crippen molar-refractivity contribution in [3.8, 4) is 17.3 Å². The standard InChI is InChI=1S/C25H23ClFN7O3/c1-14-11-33(12-15(2)29-14)25(37)17-7-18(10-28)30-22(9-17)31-23(35)13-34-24(36)6-5-21(32-34)16-3-4-19(26)20(27)8-16/h3-9,14-15,29H,11-13H2,1-2H3,(H,30,31,35)/t14-,15-/m1/s1. The van der Waals surface area contributed by atoms with Crippen molar-refractivity contribution in [2.75, 3.05) is 18.4 Å². The number of carbonyl (C=O) groups excluding carboxylic acids is 2. The summed E-state index contributed by atoms with van der Waals surface area (Å²) in [6.45, 7) is 4.47. The number of nitrogens with zero attached hydrogens (tertiary/aromatic N) is 5. The van der Waals surface area contributed by atoms with E-state index < -0.39 is 23.8 Å². The van der Waals surface area contributed by atoms with Gasteiger partial charge in [-0.05, 0) is 44.2 Å². The van der Waals surface area contributed by atoms with Gasteiger partial charge in [-0.15, -0.1) is 0 Å². The molecule has 2 amide bonds. The van der Waals surface area contributed by atoms with Crippen LogP contribution in [0, 0.1) is 17.1 Å². The third-order valence-corrected chi connectivity index (χ3v) is 5.98. The zero-order chi connectivity index (χ0) is 26.7. The molecular weight excluding hydrogens is 501 g/mol. The molecule has 2 N–H and O–H groups in total. The summed E-state index contributed by atoms with van der Waals surface area (Å²) in [5, 5.41) is 19.4. The molecule has 1 aliphatic rings. The number of halogens is 2. The second kappa shape index (κ2) is 10.9. The molecule has 0 saturated carbocycles. The normalized spacial score (nSPS) is 17.2. The van der Waals surface area contributed by atoms with Crippen LogP contribution in [0.1, 0.15) is 29.9 Å². The molecule has 37 heavy (non-hydrogen) atoms. The summed E-state index contributed by atoms with van der Waals surface area (Å²) in [5.74, 6) is -1.59. The first-order valence-corrected chi connectivity index (χ1v) is 11.8. The highest BCUT2D eigenvalue weighted by Gasteiger charge is 2.26. The third kappa shape index (κ3) is 6.17. The number of benzene rings is 1. The number of amides is 2. The molecule has 3 aromatic rings. The van der Waals surface area contributed by atoms with E-state index in [0.29, 0.717) is 18.7 Å². The fourth-order valence-corrected chi connectivity index (χ4v) is 4.26. The Morgan fingerprint density at radius 2 is 1.92 bits per heavy atom. The van der Waals surface area contributed by atoms with Crippen molar-refractivity contribution in [3.63, 3.8) is 0 Å². The van der Waals surface area contributed by atoms with Gasteiger partial charge < -0.3 is 15.5 Å². The van der Waals surface area contributed by atoms with Gasteiger partial charge in [0.15, 0.2) is 0 Å². The quantitative estimate of drug-likeness (QED) is 0.524. The van der Waals surface area contributed by atoms with Crippen molar-refractivity contribution in [1.82, 2.24) is 25.0 Å². The zero-order valence-corrected chi connectivity index (χ0v) is 20.8. The fourth-order valence-electron chi connectivity index (χ4n) is 4.14. The highest BCUT2D eigenvalue weighted by Crippen LogP contribution is 2.22. The Balaban J connectivity index is 1.53. The van der Waals surface area contributed by atoms with Gasteiger partial charge in [-0.2, -0.15) is 10.4 Å². The van der Waals surface area contributed by atoms with E-state index in [1.807, 2.05) is 19.9 Å². The van der Waals surface area contributed by atoms with Gasteiger partial charge in [0, 0.05) is 42.4 Å². The Kier molecular flexibility index (Phi) is 7.61. The lowest BCUT2D eigenvalue weighted by Gasteiger charge is -2.36. The van der Waals surface area contributed by atoms with E-state index in [1.54, 1.807) is 11.0 Å². The predicted molar refractivity (Wildman–Crippen MR) is 134 cm³/mol. The fraction of sp³-hybridized carbons (Fsp3) is 0.280. The number of carbonyl (C=O) groups is 2. The van der Waals surface area contributed by atoms with Crippen LogP contribution in [0.15, 0.2) is 47.3 Å². The first-order valence-electron chi connectivity index (χ1n) is 11.4. The van der Waals surface area contributed by atoms with Crippen LogP contribution < -0.4 is 16.2 Å². The minimum absolute atomic E-state index is 0.00685. The number of rotatable bonds is 5. The Morgan fingerprint density at radius 3 is 2.59 bits per heavy atom. The molecule has 2 aromatic heterocycles. The van der Waals surface area contributed by atoms with Gasteiger partial charge in [-0.25, -0.2) is 14.1 Å². The molecule has 190 valence electrons. The van der Waals surface area contributed by atoms with Crippen LogP contribution in [-0.2, 0) is 11.3 Å². The molecule has 10 nitrogen and oxygen atoms in total. The summed E-state index contributed by atoms with van der Waals surface area (Å²) < 4.78 is 14.8. The van der Waals surface area contributed by atoms with Gasteiger partial charge in [-0.1, -0.05) is 17.7 Å². The van der Waals surface area contributed by atoms with Crippen molar-refractivity contribution in [1.29, 1.82) is 5.26 Å². The molecule has 1 saturated heterocycles. The van der Waals surface area contributed by atoms with E-state index in [0.717, 1.165) is 4.68 Å². The van der Waals surface area contributed by atoms with Gasteiger partial charge in [-0.3, -0.25) is 14.4 Å². The number of nitrogens with one attached hydrogen (secondary N) is 2. The van der Waals surface area contributed by atoms with Gasteiger partial charge in [0.05, 0.1) is 10.7 Å². The molecule has 1 aliphatic heterocycles. The monoisotopic (exact) mass is 523 g/mol. The molecular formula is C25H23ClFN7O3. The molecule has 3 heterocycles. The molecule has 4 rings (SSSR count). The average Bonchev–Trinajstić information content (AvgIpc) is 2.85. The maximum Gasteiger partial charge on any atom is 0.267 e. The number of piperazine rings is 1. The second-order valence-corrected chi connectivity index (χ2v) is 9.22. The highest BCUT2D eigenvalue weighted by molar-refractivity contribution is 6.30. The Morgan fingerprint density at radius 1 is 1.19 bits per heavy atom. The Hall–Kier alpha value is -4.14. The Labute approximate surface area is 216 Å². The maximum absolute atomic E-state index is 13.9. The minimum Gasteiger partial charge on any atom is -0.336 e. The van der Waals surface area contributed by atoms with Crippen LogP contribution in [0.3, 0.4) is 0 Å². The number of nitriles is 1. The first-order chi connectivity index (χ1) is 17.6. The summed E-state index contributed by atoms with van der Waals surface area (Å²) in [6, 6.07) is 11.6. The van der Waals surface area contributed by atoms with Crippen LogP contribution in [0.4, 0.5) is 10.2 Å². The molecule has 0 spiro atoms. The summed E-state index contributed by atoms with van der Waals surface area (Å²) >= 11 is 5.72. The van der Waals surface area contributed by atoms with Crippen LogP contribution in [0.2, 0.25) is 5.02 Å². The van der Waals surface area contributed by atoms with E-state index in [4.69, 9.17) is 11.6 Å². The summed E-state index contributed by atoms with van der Waals surface area (Å²) in [5.41, 5.74) is 0.258. The highest BCUT2D eigenvalue weighted by atomic mass is 35.5. The number of pyridine rings is 1. The molecule has 12 heteroatoms. The average molecular weight is 524 g/mol. The van der Waals surface area contributed by atoms with Gasteiger partial charge in [0.1, 0.15) is 29.9 Å². The lowest BCUT2D eigenvalue weighted by Crippen LogP contribution is -2.55. The third-order valence-electron chi connectivity index (χ3n) is 5.67. The van der Waals surface area contributed by atoms with Crippen molar-refractivity contribution in [2.24, 2.45) is 0 Å². The molecule has 1 aromatic carbocycles. The molecule has 0 bridgehead atoms. The van der Waals surface area contributed by atoms with E-state index >= 15 is 0 Å². The molecule has 2 atom stereocenters. The van der Waals surface area contributed by atoms with E-state index in [-0.39, 0.29) is 45.8 Å². The molecule has 0 unspecified atom stereocenters. The number of aromatic nitrogens is 3. The largest absolute Gasteiger partial charge is 0.336 e. The summed E-state index contributed by atoms with van der Waals surface area (Å²) in [7, 11) is 0. The summed E-state index contributed by atoms with van der Waals surface area (Å²) in [6.07, 6.45) is 0. The van der Waals surface area contributed by atoms with Gasteiger partial charge in [0.25, 0.3) is 11.5 Å². The van der Waals surface area contributed by atoms with Crippen LogP contribution >= 0.6 is 11.6 Å². The lowest BCUT2D eigenvalue weighted by atomic mass is 10.1. The smallest absolute Gasteiger partial charge is 0.267 e. The number of hydrogen-bond donors (Lipinski definition) is 2. The molecule has 1 fully saturated rings. The summed E-state index contributed by atoms with van der Waals surface area (Å²) in [4.78, 5) is 43.9. The van der Waals surface area contributed by atoms with Crippen molar-refractivity contribution >= 4 is 29.2 Å². The number of hydrogen-bond acceptors (Lipinski definition) is 7. The SMILES string of the molecule is C[C@@H]1CN(C(=O)c2cc(C#N)nc(NC(=O)Cn3nc(-c4ccc(Cl)c(F)c4)ccc3=O)c2)C[C@@H](C)N1. The van der Waals surface area contributed by atoms with E-state index in [1.165, 1.54) is 36.4 Å². The van der Waals surface area contributed by atoms with Crippen LogP contribution in [0.5, 0.6) is 0 Å². The topological polar surface area (TPSA) is 133 Å². The minimum atomic E-state index is -0.653. The zero-order valence-electron chi connectivity index (χ0n) is 20.0. The Bertz CT molecular complexity index is 1460. The maximum atomic E-state index is 13.9. The van der Waals surface area contributed by atoms with Crippen molar-refractivity contribution < 1.29 is 14.0 Å². The van der Waals surface area contributed by atoms with Gasteiger partial charge >= 0.3 is 0 Å².